The van der Waals surface area contributed by atoms with E-state index in [1.165, 1.54) is 17.8 Å². The SMILES string of the molecule is O=C(O)c1ccc(CSc2cnccn2)c(Cl)c1. The predicted molar refractivity (Wildman–Crippen MR) is 70.0 cm³/mol. The Hall–Kier alpha value is -1.59. The number of carboxylic acid groups (broad SMARTS) is 1. The molecular weight excluding hydrogens is 272 g/mol. The Morgan fingerprint density at radius 3 is 2.83 bits per heavy atom. The minimum absolute atomic E-state index is 0.188. The van der Waals surface area contributed by atoms with E-state index in [-0.39, 0.29) is 5.56 Å². The van der Waals surface area contributed by atoms with Crippen molar-refractivity contribution in [2.24, 2.45) is 0 Å². The highest BCUT2D eigenvalue weighted by atomic mass is 35.5. The Labute approximate surface area is 113 Å². The Bertz CT molecular complexity index is 563. The van der Waals surface area contributed by atoms with Crippen molar-refractivity contribution in [2.45, 2.75) is 10.8 Å². The summed E-state index contributed by atoms with van der Waals surface area (Å²) < 4.78 is 0. The number of hydrogen-bond acceptors (Lipinski definition) is 4. The first-order valence-electron chi connectivity index (χ1n) is 5.07. The van der Waals surface area contributed by atoms with Crippen molar-refractivity contribution in [3.63, 3.8) is 0 Å². The average molecular weight is 281 g/mol. The number of halogens is 1. The van der Waals surface area contributed by atoms with Crippen LogP contribution in [-0.2, 0) is 5.75 Å². The number of carbonyl (C=O) groups is 1. The van der Waals surface area contributed by atoms with Crippen LogP contribution >= 0.6 is 23.4 Å². The van der Waals surface area contributed by atoms with Crippen LogP contribution in [-0.4, -0.2) is 21.0 Å². The van der Waals surface area contributed by atoms with Gasteiger partial charge in [-0.2, -0.15) is 0 Å². The largest absolute Gasteiger partial charge is 0.478 e. The molecule has 0 spiro atoms. The lowest BCUT2D eigenvalue weighted by Gasteiger charge is -2.04. The van der Waals surface area contributed by atoms with Gasteiger partial charge in [0.25, 0.3) is 0 Å². The maximum Gasteiger partial charge on any atom is 0.335 e. The Morgan fingerprint density at radius 2 is 2.22 bits per heavy atom. The molecule has 1 aromatic carbocycles. The van der Waals surface area contributed by atoms with E-state index in [9.17, 15) is 4.79 Å². The number of hydrogen-bond donors (Lipinski definition) is 1. The quantitative estimate of drug-likeness (QED) is 0.872. The van der Waals surface area contributed by atoms with E-state index in [1.54, 1.807) is 30.7 Å². The molecule has 0 aliphatic rings. The molecule has 0 radical (unpaired) electrons. The van der Waals surface area contributed by atoms with Gasteiger partial charge in [0.2, 0.25) is 0 Å². The van der Waals surface area contributed by atoms with E-state index < -0.39 is 5.97 Å². The van der Waals surface area contributed by atoms with Crippen molar-refractivity contribution >= 4 is 29.3 Å². The van der Waals surface area contributed by atoms with Crippen molar-refractivity contribution in [1.82, 2.24) is 9.97 Å². The second-order valence-electron chi connectivity index (χ2n) is 3.44. The first-order valence-corrected chi connectivity index (χ1v) is 6.43. The van der Waals surface area contributed by atoms with Crippen molar-refractivity contribution < 1.29 is 9.90 Å². The zero-order chi connectivity index (χ0) is 13.0. The Morgan fingerprint density at radius 1 is 1.39 bits per heavy atom. The first-order chi connectivity index (χ1) is 8.66. The number of rotatable bonds is 4. The third kappa shape index (κ3) is 3.21. The zero-order valence-corrected chi connectivity index (χ0v) is 10.8. The van der Waals surface area contributed by atoms with Crippen LogP contribution in [0.15, 0.2) is 41.8 Å². The van der Waals surface area contributed by atoms with Crippen molar-refractivity contribution in [3.8, 4) is 0 Å². The Balaban J connectivity index is 2.08. The van der Waals surface area contributed by atoms with E-state index >= 15 is 0 Å². The number of thioether (sulfide) groups is 1. The molecule has 6 heteroatoms. The minimum atomic E-state index is -0.981. The van der Waals surface area contributed by atoms with Crippen molar-refractivity contribution in [2.75, 3.05) is 0 Å². The molecule has 1 aromatic heterocycles. The number of aromatic nitrogens is 2. The molecule has 0 aliphatic heterocycles. The molecule has 0 bridgehead atoms. The van der Waals surface area contributed by atoms with Gasteiger partial charge < -0.3 is 5.11 Å². The summed E-state index contributed by atoms with van der Waals surface area (Å²) in [5, 5.41) is 10.1. The lowest BCUT2D eigenvalue weighted by Crippen LogP contribution is -1.96. The molecule has 2 aromatic rings. The van der Waals surface area contributed by atoms with Crippen LogP contribution < -0.4 is 0 Å². The molecule has 0 unspecified atom stereocenters. The topological polar surface area (TPSA) is 63.1 Å². The smallest absolute Gasteiger partial charge is 0.335 e. The molecule has 0 saturated carbocycles. The summed E-state index contributed by atoms with van der Waals surface area (Å²) in [6.45, 7) is 0. The van der Waals surface area contributed by atoms with Gasteiger partial charge in [-0.25, -0.2) is 9.78 Å². The van der Waals surface area contributed by atoms with Crippen LogP contribution in [0.25, 0.3) is 0 Å². The van der Waals surface area contributed by atoms with Crippen LogP contribution in [0.3, 0.4) is 0 Å². The monoisotopic (exact) mass is 280 g/mol. The maximum absolute atomic E-state index is 10.8. The number of benzene rings is 1. The molecule has 2 rings (SSSR count). The van der Waals surface area contributed by atoms with Gasteiger partial charge in [0.15, 0.2) is 0 Å². The van der Waals surface area contributed by atoms with Crippen LogP contribution in [0.5, 0.6) is 0 Å². The van der Waals surface area contributed by atoms with Crippen molar-refractivity contribution in [1.29, 1.82) is 0 Å². The van der Waals surface area contributed by atoms with E-state index in [2.05, 4.69) is 9.97 Å². The van der Waals surface area contributed by atoms with E-state index in [0.717, 1.165) is 10.6 Å². The molecule has 0 amide bonds. The summed E-state index contributed by atoms with van der Waals surface area (Å²) in [4.78, 5) is 18.9. The molecule has 1 N–H and O–H groups in total. The number of aromatic carboxylic acids is 1. The highest BCUT2D eigenvalue weighted by molar-refractivity contribution is 7.98. The summed E-state index contributed by atoms with van der Waals surface area (Å²) in [7, 11) is 0. The minimum Gasteiger partial charge on any atom is -0.478 e. The second kappa shape index (κ2) is 5.84. The summed E-state index contributed by atoms with van der Waals surface area (Å²) in [6.07, 6.45) is 4.90. The fraction of sp³-hybridized carbons (Fsp3) is 0.0833. The third-order valence-corrected chi connectivity index (χ3v) is 3.53. The van der Waals surface area contributed by atoms with E-state index in [4.69, 9.17) is 16.7 Å². The molecule has 92 valence electrons. The fourth-order valence-electron chi connectivity index (χ4n) is 1.31. The standard InChI is InChI=1S/C12H9ClN2O2S/c13-10-5-8(12(16)17)1-2-9(10)7-18-11-6-14-3-4-15-11/h1-6H,7H2,(H,16,17). The maximum atomic E-state index is 10.8. The van der Waals surface area contributed by atoms with Crippen LogP contribution in [0.4, 0.5) is 0 Å². The molecule has 0 atom stereocenters. The second-order valence-corrected chi connectivity index (χ2v) is 4.85. The van der Waals surface area contributed by atoms with Gasteiger partial charge in [-0.3, -0.25) is 4.98 Å². The first kappa shape index (κ1) is 12.9. The van der Waals surface area contributed by atoms with Crippen molar-refractivity contribution in [3.05, 3.63) is 52.9 Å². The van der Waals surface area contributed by atoms with Gasteiger partial charge in [0, 0.05) is 23.2 Å². The molecule has 4 nitrogen and oxygen atoms in total. The molecule has 0 saturated heterocycles. The van der Waals surface area contributed by atoms with Crippen LogP contribution in [0.2, 0.25) is 5.02 Å². The van der Waals surface area contributed by atoms with Gasteiger partial charge in [0.05, 0.1) is 11.8 Å². The third-order valence-electron chi connectivity index (χ3n) is 2.22. The summed E-state index contributed by atoms with van der Waals surface area (Å²) >= 11 is 7.52. The van der Waals surface area contributed by atoms with Gasteiger partial charge in [0.1, 0.15) is 5.03 Å². The molecular formula is C12H9ClN2O2S. The predicted octanol–water partition coefficient (Wildman–Crippen LogP) is 3.12. The molecule has 0 aliphatic carbocycles. The molecule has 1 heterocycles. The lowest BCUT2D eigenvalue weighted by molar-refractivity contribution is 0.0697. The highest BCUT2D eigenvalue weighted by Crippen LogP contribution is 2.25. The van der Waals surface area contributed by atoms with Gasteiger partial charge in [-0.1, -0.05) is 17.7 Å². The number of carboxylic acids is 1. The fourth-order valence-corrected chi connectivity index (χ4v) is 2.46. The summed E-state index contributed by atoms with van der Waals surface area (Å²) in [5.41, 5.74) is 1.06. The van der Waals surface area contributed by atoms with Gasteiger partial charge >= 0.3 is 5.97 Å². The average Bonchev–Trinajstić information content (AvgIpc) is 2.38. The van der Waals surface area contributed by atoms with E-state index in [0.29, 0.717) is 10.8 Å². The Kier molecular flexibility index (Phi) is 4.17. The number of nitrogens with zero attached hydrogens (tertiary/aromatic N) is 2. The van der Waals surface area contributed by atoms with Gasteiger partial charge in [-0.05, 0) is 17.7 Å². The molecule has 0 fully saturated rings. The van der Waals surface area contributed by atoms with Gasteiger partial charge in [-0.15, -0.1) is 11.8 Å². The summed E-state index contributed by atoms with van der Waals surface area (Å²) in [6, 6.07) is 4.71. The zero-order valence-electron chi connectivity index (χ0n) is 9.21. The van der Waals surface area contributed by atoms with Crippen LogP contribution in [0.1, 0.15) is 15.9 Å². The molecule has 18 heavy (non-hydrogen) atoms. The highest BCUT2D eigenvalue weighted by Gasteiger charge is 2.07. The summed E-state index contributed by atoms with van der Waals surface area (Å²) in [5.74, 6) is -0.359. The lowest BCUT2D eigenvalue weighted by atomic mass is 10.1. The normalized spacial score (nSPS) is 10.3. The van der Waals surface area contributed by atoms with Crippen LogP contribution in [0, 0.1) is 0 Å². The van der Waals surface area contributed by atoms with E-state index in [1.807, 2.05) is 0 Å².